The second-order valence-corrected chi connectivity index (χ2v) is 10.8. The van der Waals surface area contributed by atoms with E-state index in [1.54, 1.807) is 12.1 Å². The van der Waals surface area contributed by atoms with Crippen molar-refractivity contribution in [2.24, 2.45) is 5.92 Å². The highest BCUT2D eigenvalue weighted by molar-refractivity contribution is 6.03. The van der Waals surface area contributed by atoms with Gasteiger partial charge in [-0.2, -0.15) is 0 Å². The Labute approximate surface area is 246 Å². The summed E-state index contributed by atoms with van der Waals surface area (Å²) >= 11 is 0. The highest BCUT2D eigenvalue weighted by atomic mass is 16.7. The van der Waals surface area contributed by atoms with E-state index >= 15 is 0 Å². The van der Waals surface area contributed by atoms with Gasteiger partial charge in [-0.25, -0.2) is 9.59 Å². The summed E-state index contributed by atoms with van der Waals surface area (Å²) in [6.45, 7) is 4.17. The molecule has 0 bridgehead atoms. The molecule has 0 aliphatic carbocycles. The molecule has 1 fully saturated rings. The fourth-order valence-corrected chi connectivity index (χ4v) is 5.05. The maximum Gasteiger partial charge on any atom is 0.338 e. The van der Waals surface area contributed by atoms with Crippen molar-refractivity contribution in [3.8, 4) is 0 Å². The quantitative estimate of drug-likeness (QED) is 0.219. The highest BCUT2D eigenvalue weighted by Gasteiger charge is 2.40. The van der Waals surface area contributed by atoms with Gasteiger partial charge in [-0.1, -0.05) is 60.7 Å². The van der Waals surface area contributed by atoms with Gasteiger partial charge in [0, 0.05) is 0 Å². The monoisotopic (exact) mass is 574 g/mol. The Morgan fingerprint density at radius 2 is 1.38 bits per heavy atom. The van der Waals surface area contributed by atoms with E-state index in [2.05, 4.69) is 18.2 Å². The zero-order valence-electron chi connectivity index (χ0n) is 24.6. The molecule has 1 saturated heterocycles. The van der Waals surface area contributed by atoms with Gasteiger partial charge < -0.3 is 23.7 Å². The standard InChI is InChI=1S/C34H38O8/c1-34(2)41-22-29(33(37)40-21-26-9-6-5-7-10-26)30(42-34)18-16-24-12-8-11-23(19-24)13-14-25-15-17-27(31(35)38-3)28(20-25)32(36)39-4/h5-12,15,17,19-20,29-30H,13-14,16,18,21-22H2,1-4H3/t29-,30-/m1/s1. The molecule has 4 rings (SSSR count). The van der Waals surface area contributed by atoms with E-state index in [1.165, 1.54) is 14.2 Å². The van der Waals surface area contributed by atoms with Crippen molar-refractivity contribution in [1.82, 2.24) is 0 Å². The SMILES string of the molecule is COC(=O)c1ccc(CCc2cccc(CC[C@H]3OC(C)(C)OC[C@H]3C(=O)OCc3ccccc3)c2)cc1C(=O)OC. The maximum absolute atomic E-state index is 13.0. The number of aryl methyl sites for hydroxylation is 3. The Morgan fingerprint density at radius 1 is 0.762 bits per heavy atom. The average Bonchev–Trinajstić information content (AvgIpc) is 3.01. The summed E-state index contributed by atoms with van der Waals surface area (Å²) in [6.07, 6.45) is 2.42. The Kier molecular flexibility index (Phi) is 10.5. The lowest BCUT2D eigenvalue weighted by atomic mass is 9.93. The lowest BCUT2D eigenvalue weighted by Gasteiger charge is -2.40. The van der Waals surface area contributed by atoms with E-state index in [0.717, 1.165) is 35.1 Å². The molecule has 0 spiro atoms. The van der Waals surface area contributed by atoms with Crippen LogP contribution in [0.4, 0.5) is 0 Å². The second kappa shape index (κ2) is 14.2. The highest BCUT2D eigenvalue weighted by Crippen LogP contribution is 2.30. The van der Waals surface area contributed by atoms with Crippen molar-refractivity contribution < 1.29 is 38.1 Å². The largest absolute Gasteiger partial charge is 0.465 e. The molecule has 1 aliphatic heterocycles. The number of carbonyl (C=O) groups excluding carboxylic acids is 3. The zero-order chi connectivity index (χ0) is 30.1. The Morgan fingerprint density at radius 3 is 2.07 bits per heavy atom. The molecule has 0 radical (unpaired) electrons. The van der Waals surface area contributed by atoms with Crippen LogP contribution in [-0.2, 0) is 54.3 Å². The van der Waals surface area contributed by atoms with E-state index in [4.69, 9.17) is 23.7 Å². The van der Waals surface area contributed by atoms with E-state index in [1.807, 2.05) is 56.3 Å². The molecule has 0 aromatic heterocycles. The van der Waals surface area contributed by atoms with Crippen LogP contribution in [0.5, 0.6) is 0 Å². The van der Waals surface area contributed by atoms with Crippen molar-refractivity contribution >= 4 is 17.9 Å². The van der Waals surface area contributed by atoms with Gasteiger partial charge in [0.05, 0.1) is 38.1 Å². The van der Waals surface area contributed by atoms with E-state index in [9.17, 15) is 14.4 Å². The first-order valence-electron chi connectivity index (χ1n) is 14.1. The normalized spacial score (nSPS) is 17.7. The third kappa shape index (κ3) is 8.27. The van der Waals surface area contributed by atoms with Gasteiger partial charge in [0.25, 0.3) is 0 Å². The van der Waals surface area contributed by atoms with Crippen molar-refractivity contribution in [3.05, 3.63) is 106 Å². The van der Waals surface area contributed by atoms with Crippen LogP contribution in [0.25, 0.3) is 0 Å². The molecular formula is C34H38O8. The number of hydrogen-bond acceptors (Lipinski definition) is 8. The molecule has 3 aromatic carbocycles. The summed E-state index contributed by atoms with van der Waals surface area (Å²) in [4.78, 5) is 37.3. The smallest absolute Gasteiger partial charge is 0.338 e. The van der Waals surface area contributed by atoms with Gasteiger partial charge in [-0.15, -0.1) is 0 Å². The van der Waals surface area contributed by atoms with Crippen LogP contribution < -0.4 is 0 Å². The Hall–Kier alpha value is -4.01. The minimum atomic E-state index is -0.783. The van der Waals surface area contributed by atoms with Crippen molar-refractivity contribution in [2.75, 3.05) is 20.8 Å². The maximum atomic E-state index is 13.0. The topological polar surface area (TPSA) is 97.4 Å². The second-order valence-electron chi connectivity index (χ2n) is 10.8. The molecule has 1 heterocycles. The number of esters is 3. The van der Waals surface area contributed by atoms with Gasteiger partial charge in [-0.3, -0.25) is 4.79 Å². The summed E-state index contributed by atoms with van der Waals surface area (Å²) in [5, 5.41) is 0. The van der Waals surface area contributed by atoms with Crippen LogP contribution in [0.1, 0.15) is 63.2 Å². The molecule has 3 aromatic rings. The first-order chi connectivity index (χ1) is 20.2. The molecule has 0 amide bonds. The number of benzene rings is 3. The fourth-order valence-electron chi connectivity index (χ4n) is 5.05. The van der Waals surface area contributed by atoms with Gasteiger partial charge in [0.15, 0.2) is 5.79 Å². The lowest BCUT2D eigenvalue weighted by Crippen LogP contribution is -2.49. The summed E-state index contributed by atoms with van der Waals surface area (Å²) in [5.74, 6) is -2.78. The number of hydrogen-bond donors (Lipinski definition) is 0. The summed E-state index contributed by atoms with van der Waals surface area (Å²) < 4.78 is 27.3. The molecule has 1 aliphatic rings. The molecule has 8 heteroatoms. The van der Waals surface area contributed by atoms with Crippen molar-refractivity contribution in [2.45, 2.75) is 58.0 Å². The molecule has 2 atom stereocenters. The Balaban J connectivity index is 1.38. The van der Waals surface area contributed by atoms with Gasteiger partial charge in [0.1, 0.15) is 12.5 Å². The van der Waals surface area contributed by atoms with Crippen LogP contribution in [0.15, 0.2) is 72.8 Å². The summed E-state index contributed by atoms with van der Waals surface area (Å²) in [5.41, 5.74) is 4.47. The van der Waals surface area contributed by atoms with Crippen LogP contribution in [0.3, 0.4) is 0 Å². The number of carbonyl (C=O) groups is 3. The first-order valence-corrected chi connectivity index (χ1v) is 14.1. The van der Waals surface area contributed by atoms with Crippen LogP contribution >= 0.6 is 0 Å². The fraction of sp³-hybridized carbons (Fsp3) is 0.382. The number of methoxy groups -OCH3 is 2. The predicted octanol–water partition coefficient (Wildman–Crippen LogP) is 5.49. The van der Waals surface area contributed by atoms with Gasteiger partial charge in [0.2, 0.25) is 0 Å². The van der Waals surface area contributed by atoms with Crippen molar-refractivity contribution in [3.63, 3.8) is 0 Å². The summed E-state index contributed by atoms with van der Waals surface area (Å²) in [6, 6.07) is 23.0. The summed E-state index contributed by atoms with van der Waals surface area (Å²) in [7, 11) is 2.56. The molecule has 0 N–H and O–H groups in total. The van der Waals surface area contributed by atoms with Crippen LogP contribution in [0, 0.1) is 5.92 Å². The average molecular weight is 575 g/mol. The molecule has 0 saturated carbocycles. The van der Waals surface area contributed by atoms with E-state index in [0.29, 0.717) is 12.8 Å². The molecular weight excluding hydrogens is 536 g/mol. The van der Waals surface area contributed by atoms with E-state index < -0.39 is 23.6 Å². The van der Waals surface area contributed by atoms with Crippen LogP contribution in [0.2, 0.25) is 0 Å². The minimum absolute atomic E-state index is 0.177. The number of rotatable bonds is 11. The first kappa shape index (κ1) is 30.9. The number of ether oxygens (including phenoxy) is 5. The third-order valence-electron chi connectivity index (χ3n) is 7.33. The molecule has 0 unspecified atom stereocenters. The lowest BCUT2D eigenvalue weighted by molar-refractivity contribution is -0.292. The Bertz CT molecular complexity index is 1380. The van der Waals surface area contributed by atoms with Crippen molar-refractivity contribution in [1.29, 1.82) is 0 Å². The van der Waals surface area contributed by atoms with Gasteiger partial charge in [-0.05, 0) is 73.9 Å². The molecule has 42 heavy (non-hydrogen) atoms. The molecule has 8 nitrogen and oxygen atoms in total. The molecule has 222 valence electrons. The third-order valence-corrected chi connectivity index (χ3v) is 7.33. The van der Waals surface area contributed by atoms with Crippen LogP contribution in [-0.4, -0.2) is 50.6 Å². The predicted molar refractivity (Wildman–Crippen MR) is 156 cm³/mol. The van der Waals surface area contributed by atoms with E-state index in [-0.39, 0.29) is 36.4 Å². The van der Waals surface area contributed by atoms with Gasteiger partial charge >= 0.3 is 17.9 Å². The minimum Gasteiger partial charge on any atom is -0.465 e. The zero-order valence-corrected chi connectivity index (χ0v) is 24.6.